The van der Waals surface area contributed by atoms with E-state index in [0.717, 1.165) is 31.8 Å². The minimum atomic E-state index is -1.74. The molecule has 1 unspecified atom stereocenters. The van der Waals surface area contributed by atoms with E-state index < -0.39 is 11.3 Å². The Bertz CT molecular complexity index is 155. The molecule has 0 aliphatic carbocycles. The van der Waals surface area contributed by atoms with Crippen LogP contribution in [0.3, 0.4) is 0 Å². The topological polar surface area (TPSA) is 40.5 Å². The SMILES string of the molecule is CCCC1CCN(S(=O)O)CC1. The second kappa shape index (κ2) is 4.94. The predicted octanol–water partition coefficient (Wildman–Crippen LogP) is 1.64. The van der Waals surface area contributed by atoms with Gasteiger partial charge < -0.3 is 0 Å². The van der Waals surface area contributed by atoms with E-state index in [2.05, 4.69) is 6.92 Å². The lowest BCUT2D eigenvalue weighted by Gasteiger charge is -2.28. The minimum Gasteiger partial charge on any atom is -0.294 e. The molecule has 0 aromatic rings. The molecule has 1 N–H and O–H groups in total. The molecule has 0 radical (unpaired) electrons. The van der Waals surface area contributed by atoms with E-state index in [-0.39, 0.29) is 0 Å². The third-order valence-electron chi connectivity index (χ3n) is 2.49. The first-order chi connectivity index (χ1) is 5.74. The van der Waals surface area contributed by atoms with Crippen LogP contribution in [0.5, 0.6) is 0 Å². The maximum Gasteiger partial charge on any atom is 0.234 e. The molecule has 1 saturated heterocycles. The van der Waals surface area contributed by atoms with E-state index in [4.69, 9.17) is 4.55 Å². The first-order valence-corrected chi connectivity index (χ1v) is 5.66. The van der Waals surface area contributed by atoms with Crippen LogP contribution in [-0.2, 0) is 11.3 Å². The highest BCUT2D eigenvalue weighted by molar-refractivity contribution is 7.76. The summed E-state index contributed by atoms with van der Waals surface area (Å²) >= 11 is -1.74. The molecular weight excluding hydrogens is 174 g/mol. The van der Waals surface area contributed by atoms with Crippen LogP contribution in [0, 0.1) is 5.92 Å². The molecule has 0 aromatic heterocycles. The van der Waals surface area contributed by atoms with Gasteiger partial charge in [0, 0.05) is 13.1 Å². The maximum atomic E-state index is 10.7. The largest absolute Gasteiger partial charge is 0.294 e. The molecule has 3 nitrogen and oxygen atoms in total. The van der Waals surface area contributed by atoms with Gasteiger partial charge in [0.2, 0.25) is 11.3 Å². The average molecular weight is 191 g/mol. The zero-order valence-corrected chi connectivity index (χ0v) is 8.35. The molecular formula is C8H17NO2S. The van der Waals surface area contributed by atoms with E-state index in [1.165, 1.54) is 12.8 Å². The molecule has 72 valence electrons. The van der Waals surface area contributed by atoms with E-state index in [0.29, 0.717) is 0 Å². The van der Waals surface area contributed by atoms with Crippen molar-refractivity contribution in [1.29, 1.82) is 0 Å². The lowest BCUT2D eigenvalue weighted by molar-refractivity contribution is 0.259. The van der Waals surface area contributed by atoms with E-state index >= 15 is 0 Å². The lowest BCUT2D eigenvalue weighted by atomic mass is 9.94. The van der Waals surface area contributed by atoms with E-state index in [9.17, 15) is 4.21 Å². The van der Waals surface area contributed by atoms with Crippen LogP contribution in [0.4, 0.5) is 0 Å². The summed E-state index contributed by atoms with van der Waals surface area (Å²) in [6.07, 6.45) is 4.67. The van der Waals surface area contributed by atoms with Crippen LogP contribution < -0.4 is 0 Å². The summed E-state index contributed by atoms with van der Waals surface area (Å²) in [5.74, 6) is 0.787. The van der Waals surface area contributed by atoms with Crippen molar-refractivity contribution < 1.29 is 8.76 Å². The second-order valence-electron chi connectivity index (χ2n) is 3.39. The van der Waals surface area contributed by atoms with Crippen LogP contribution in [0.1, 0.15) is 32.6 Å². The molecule has 1 aliphatic heterocycles. The molecule has 0 aromatic carbocycles. The average Bonchev–Trinajstić information content (AvgIpc) is 2.06. The molecule has 12 heavy (non-hydrogen) atoms. The Morgan fingerprint density at radius 2 is 2.08 bits per heavy atom. The monoisotopic (exact) mass is 191 g/mol. The van der Waals surface area contributed by atoms with Gasteiger partial charge in [-0.2, -0.15) is 0 Å². The van der Waals surface area contributed by atoms with Gasteiger partial charge in [-0.3, -0.25) is 4.55 Å². The van der Waals surface area contributed by atoms with Crippen molar-refractivity contribution >= 4 is 11.3 Å². The van der Waals surface area contributed by atoms with Crippen molar-refractivity contribution in [3.05, 3.63) is 0 Å². The van der Waals surface area contributed by atoms with Gasteiger partial charge in [-0.05, 0) is 18.8 Å². The first kappa shape index (κ1) is 10.2. The van der Waals surface area contributed by atoms with Crippen LogP contribution in [0.2, 0.25) is 0 Å². The fraction of sp³-hybridized carbons (Fsp3) is 1.00. The van der Waals surface area contributed by atoms with Crippen LogP contribution >= 0.6 is 0 Å². The normalized spacial score (nSPS) is 24.2. The van der Waals surface area contributed by atoms with Gasteiger partial charge >= 0.3 is 0 Å². The fourth-order valence-corrected chi connectivity index (χ4v) is 2.29. The summed E-state index contributed by atoms with van der Waals surface area (Å²) in [7, 11) is 0. The molecule has 1 aliphatic rings. The zero-order valence-electron chi connectivity index (χ0n) is 7.53. The molecule has 1 fully saturated rings. The van der Waals surface area contributed by atoms with Crippen molar-refractivity contribution in [3.8, 4) is 0 Å². The summed E-state index contributed by atoms with van der Waals surface area (Å²) in [6.45, 7) is 3.76. The minimum absolute atomic E-state index is 0.785. The third-order valence-corrected chi connectivity index (χ3v) is 3.30. The number of hydrogen-bond donors (Lipinski definition) is 1. The molecule has 4 heteroatoms. The Hall–Kier alpha value is 0.0700. The maximum absolute atomic E-state index is 10.7. The number of piperidine rings is 1. The summed E-state index contributed by atoms with van der Waals surface area (Å²) in [6, 6.07) is 0. The fourth-order valence-electron chi connectivity index (χ4n) is 1.76. The highest BCUT2D eigenvalue weighted by Gasteiger charge is 2.20. The molecule has 0 saturated carbocycles. The predicted molar refractivity (Wildman–Crippen MR) is 50.0 cm³/mol. The van der Waals surface area contributed by atoms with Crippen molar-refractivity contribution in [1.82, 2.24) is 4.31 Å². The standard InChI is InChI=1S/C8H17NO2S/c1-2-3-8-4-6-9(7-5-8)12(10)11/h8H,2-7H2,1H3,(H,10,11). The van der Waals surface area contributed by atoms with Crippen LogP contribution in [0.25, 0.3) is 0 Å². The molecule has 0 spiro atoms. The van der Waals surface area contributed by atoms with Crippen LogP contribution in [0.15, 0.2) is 0 Å². The van der Waals surface area contributed by atoms with E-state index in [1.54, 1.807) is 4.31 Å². The van der Waals surface area contributed by atoms with Crippen molar-refractivity contribution in [2.24, 2.45) is 5.92 Å². The number of nitrogens with zero attached hydrogens (tertiary/aromatic N) is 1. The second-order valence-corrected chi connectivity index (χ2v) is 4.37. The van der Waals surface area contributed by atoms with Gasteiger partial charge in [0.25, 0.3) is 0 Å². The van der Waals surface area contributed by atoms with Gasteiger partial charge in [0.1, 0.15) is 0 Å². The Kier molecular flexibility index (Phi) is 4.18. The summed E-state index contributed by atoms with van der Waals surface area (Å²) < 4.78 is 21.1. The number of rotatable bonds is 3. The summed E-state index contributed by atoms with van der Waals surface area (Å²) in [4.78, 5) is 0. The summed E-state index contributed by atoms with van der Waals surface area (Å²) in [5, 5.41) is 0. The first-order valence-electron chi connectivity index (χ1n) is 4.60. The highest BCUT2D eigenvalue weighted by atomic mass is 32.2. The van der Waals surface area contributed by atoms with Gasteiger partial charge in [0.05, 0.1) is 0 Å². The van der Waals surface area contributed by atoms with Gasteiger partial charge in [0.15, 0.2) is 0 Å². The van der Waals surface area contributed by atoms with Crippen molar-refractivity contribution in [2.75, 3.05) is 13.1 Å². The zero-order chi connectivity index (χ0) is 8.97. The Morgan fingerprint density at radius 1 is 1.50 bits per heavy atom. The molecule has 1 rings (SSSR count). The Morgan fingerprint density at radius 3 is 2.50 bits per heavy atom. The van der Waals surface area contributed by atoms with Crippen LogP contribution in [-0.4, -0.2) is 26.2 Å². The summed E-state index contributed by atoms with van der Waals surface area (Å²) in [5.41, 5.74) is 0. The quantitative estimate of drug-likeness (QED) is 0.689. The molecule has 0 bridgehead atoms. The van der Waals surface area contributed by atoms with E-state index in [1.807, 2.05) is 0 Å². The van der Waals surface area contributed by atoms with Gasteiger partial charge in [-0.15, -0.1) is 0 Å². The molecule has 1 heterocycles. The van der Waals surface area contributed by atoms with Crippen molar-refractivity contribution in [3.63, 3.8) is 0 Å². The third kappa shape index (κ3) is 2.84. The molecule has 0 amide bonds. The highest BCUT2D eigenvalue weighted by Crippen LogP contribution is 2.21. The molecule has 1 atom stereocenters. The lowest BCUT2D eigenvalue weighted by Crippen LogP contribution is -2.34. The van der Waals surface area contributed by atoms with Gasteiger partial charge in [-0.1, -0.05) is 19.8 Å². The van der Waals surface area contributed by atoms with Crippen molar-refractivity contribution in [2.45, 2.75) is 32.6 Å². The van der Waals surface area contributed by atoms with Gasteiger partial charge in [-0.25, -0.2) is 8.51 Å². The smallest absolute Gasteiger partial charge is 0.234 e. The Balaban J connectivity index is 2.25. The number of hydrogen-bond acceptors (Lipinski definition) is 1. The Labute approximate surface area is 76.6 Å².